The van der Waals surface area contributed by atoms with Gasteiger partial charge in [-0.25, -0.2) is 0 Å². The number of nitrogens with zero attached hydrogens (tertiary/aromatic N) is 1. The fourth-order valence-electron chi connectivity index (χ4n) is 2.27. The molecule has 4 heteroatoms. The van der Waals surface area contributed by atoms with E-state index in [1.165, 1.54) is 0 Å². The fraction of sp³-hybridized carbons (Fsp3) is 0.462. The minimum atomic E-state index is -0.345. The van der Waals surface area contributed by atoms with Gasteiger partial charge in [0.15, 0.2) is 0 Å². The van der Waals surface area contributed by atoms with E-state index in [2.05, 4.69) is 4.90 Å². The number of morpholine rings is 1. The van der Waals surface area contributed by atoms with Crippen molar-refractivity contribution in [3.8, 4) is 0 Å². The number of ether oxygens (including phenoxy) is 1. The summed E-state index contributed by atoms with van der Waals surface area (Å²) < 4.78 is 5.48. The van der Waals surface area contributed by atoms with Gasteiger partial charge in [-0.05, 0) is 12.5 Å². The van der Waals surface area contributed by atoms with Crippen molar-refractivity contribution in [2.75, 3.05) is 19.7 Å². The first-order valence-electron chi connectivity index (χ1n) is 5.88. The number of hydrogen-bond acceptors (Lipinski definition) is 3. The molecule has 1 aliphatic rings. The van der Waals surface area contributed by atoms with E-state index in [0.29, 0.717) is 6.61 Å². The van der Waals surface area contributed by atoms with Crippen molar-refractivity contribution in [3.05, 3.63) is 35.9 Å². The average molecular weight is 234 g/mol. The highest BCUT2D eigenvalue weighted by molar-refractivity contribution is 5.81. The van der Waals surface area contributed by atoms with Gasteiger partial charge >= 0.3 is 0 Å². The Balaban J connectivity index is 2.20. The van der Waals surface area contributed by atoms with Crippen LogP contribution in [0.3, 0.4) is 0 Å². The summed E-state index contributed by atoms with van der Waals surface area (Å²) in [5.74, 6) is -0.301. The smallest absolute Gasteiger partial charge is 0.239 e. The van der Waals surface area contributed by atoms with Crippen molar-refractivity contribution in [3.63, 3.8) is 0 Å². The Morgan fingerprint density at radius 3 is 2.76 bits per heavy atom. The number of hydrogen-bond donors (Lipinski definition) is 1. The molecule has 0 unspecified atom stereocenters. The van der Waals surface area contributed by atoms with Gasteiger partial charge in [0.2, 0.25) is 5.91 Å². The lowest BCUT2D eigenvalue weighted by Crippen LogP contribution is -2.47. The van der Waals surface area contributed by atoms with E-state index in [1.807, 2.05) is 37.3 Å². The van der Waals surface area contributed by atoms with Gasteiger partial charge in [0, 0.05) is 13.1 Å². The van der Waals surface area contributed by atoms with Crippen LogP contribution in [-0.4, -0.2) is 36.6 Å². The van der Waals surface area contributed by atoms with Gasteiger partial charge < -0.3 is 10.5 Å². The van der Waals surface area contributed by atoms with E-state index in [1.54, 1.807) is 0 Å². The lowest BCUT2D eigenvalue weighted by Gasteiger charge is -2.35. The maximum Gasteiger partial charge on any atom is 0.239 e. The SMILES string of the molecule is C[C@H]1CN([C@H](C(N)=O)c2ccccc2)CCO1. The van der Waals surface area contributed by atoms with Crippen LogP contribution in [0.15, 0.2) is 30.3 Å². The average Bonchev–Trinajstić information content (AvgIpc) is 2.30. The molecule has 2 rings (SSSR count). The second kappa shape index (κ2) is 5.29. The molecule has 1 heterocycles. The number of rotatable bonds is 3. The van der Waals surface area contributed by atoms with Crippen molar-refractivity contribution >= 4 is 5.91 Å². The van der Waals surface area contributed by atoms with Crippen LogP contribution in [0.5, 0.6) is 0 Å². The number of primary amides is 1. The van der Waals surface area contributed by atoms with Crippen molar-refractivity contribution in [1.82, 2.24) is 4.90 Å². The normalized spacial score (nSPS) is 23.2. The standard InChI is InChI=1S/C13H18N2O2/c1-10-9-15(7-8-17-10)12(13(14)16)11-5-3-2-4-6-11/h2-6,10,12H,7-9H2,1H3,(H2,14,16)/t10-,12-/m0/s1. The molecule has 0 radical (unpaired) electrons. The molecule has 1 aliphatic heterocycles. The zero-order valence-corrected chi connectivity index (χ0v) is 10.0. The summed E-state index contributed by atoms with van der Waals surface area (Å²) in [5, 5.41) is 0. The van der Waals surface area contributed by atoms with Gasteiger partial charge in [-0.3, -0.25) is 9.69 Å². The fourth-order valence-corrected chi connectivity index (χ4v) is 2.27. The molecule has 1 aromatic carbocycles. The first-order chi connectivity index (χ1) is 8.18. The lowest BCUT2D eigenvalue weighted by atomic mass is 10.0. The maximum absolute atomic E-state index is 11.6. The molecule has 4 nitrogen and oxygen atoms in total. The number of benzene rings is 1. The van der Waals surface area contributed by atoms with E-state index in [9.17, 15) is 4.79 Å². The van der Waals surface area contributed by atoms with Gasteiger partial charge in [0.1, 0.15) is 6.04 Å². The van der Waals surface area contributed by atoms with E-state index in [-0.39, 0.29) is 18.1 Å². The predicted octanol–water partition coefficient (Wildman–Crippen LogP) is 0.934. The summed E-state index contributed by atoms with van der Waals surface area (Å²) in [6, 6.07) is 9.32. The lowest BCUT2D eigenvalue weighted by molar-refractivity contribution is -0.126. The van der Waals surface area contributed by atoms with Gasteiger partial charge in [0.05, 0.1) is 12.7 Å². The summed E-state index contributed by atoms with van der Waals surface area (Å²) in [5.41, 5.74) is 6.48. The highest BCUT2D eigenvalue weighted by Gasteiger charge is 2.29. The van der Waals surface area contributed by atoms with Crippen molar-refractivity contribution in [2.24, 2.45) is 5.73 Å². The molecule has 1 aromatic rings. The van der Waals surface area contributed by atoms with Gasteiger partial charge in [-0.2, -0.15) is 0 Å². The van der Waals surface area contributed by atoms with Crippen LogP contribution in [0.4, 0.5) is 0 Å². The summed E-state index contributed by atoms with van der Waals surface area (Å²) in [6.07, 6.45) is 0.148. The Labute approximate surface area is 101 Å². The number of carbonyl (C=O) groups is 1. The molecule has 0 aromatic heterocycles. The van der Waals surface area contributed by atoms with Gasteiger partial charge in [-0.15, -0.1) is 0 Å². The Morgan fingerprint density at radius 2 is 2.18 bits per heavy atom. The van der Waals surface area contributed by atoms with Crippen LogP contribution in [-0.2, 0) is 9.53 Å². The van der Waals surface area contributed by atoms with Crippen molar-refractivity contribution < 1.29 is 9.53 Å². The van der Waals surface area contributed by atoms with Crippen LogP contribution in [0.1, 0.15) is 18.5 Å². The molecule has 0 saturated carbocycles. The molecule has 1 amide bonds. The predicted molar refractivity (Wildman–Crippen MR) is 65.4 cm³/mol. The van der Waals surface area contributed by atoms with E-state index < -0.39 is 0 Å². The van der Waals surface area contributed by atoms with Crippen LogP contribution in [0.25, 0.3) is 0 Å². The Kier molecular flexibility index (Phi) is 3.76. The molecular weight excluding hydrogens is 216 g/mol. The molecule has 92 valence electrons. The van der Waals surface area contributed by atoms with Crippen LogP contribution >= 0.6 is 0 Å². The van der Waals surface area contributed by atoms with E-state index >= 15 is 0 Å². The molecule has 2 N–H and O–H groups in total. The molecule has 1 saturated heterocycles. The Morgan fingerprint density at radius 1 is 1.47 bits per heavy atom. The van der Waals surface area contributed by atoms with Gasteiger partial charge in [-0.1, -0.05) is 30.3 Å². The van der Waals surface area contributed by atoms with Gasteiger partial charge in [0.25, 0.3) is 0 Å². The molecule has 1 fully saturated rings. The number of amides is 1. The molecule has 2 atom stereocenters. The van der Waals surface area contributed by atoms with Crippen molar-refractivity contribution in [1.29, 1.82) is 0 Å². The summed E-state index contributed by atoms with van der Waals surface area (Å²) in [6.45, 7) is 4.14. The largest absolute Gasteiger partial charge is 0.376 e. The van der Waals surface area contributed by atoms with Crippen LogP contribution in [0.2, 0.25) is 0 Å². The van der Waals surface area contributed by atoms with Crippen LogP contribution < -0.4 is 5.73 Å². The molecule has 17 heavy (non-hydrogen) atoms. The second-order valence-corrected chi connectivity index (χ2v) is 4.39. The zero-order valence-electron chi connectivity index (χ0n) is 10.0. The second-order valence-electron chi connectivity index (χ2n) is 4.39. The Bertz CT molecular complexity index is 380. The van der Waals surface area contributed by atoms with Crippen LogP contribution in [0, 0.1) is 0 Å². The third-order valence-corrected chi connectivity index (χ3v) is 3.02. The third kappa shape index (κ3) is 2.84. The first-order valence-corrected chi connectivity index (χ1v) is 5.88. The highest BCUT2D eigenvalue weighted by Crippen LogP contribution is 2.22. The summed E-state index contributed by atoms with van der Waals surface area (Å²) >= 11 is 0. The highest BCUT2D eigenvalue weighted by atomic mass is 16.5. The Hall–Kier alpha value is -1.39. The van der Waals surface area contributed by atoms with E-state index in [0.717, 1.165) is 18.7 Å². The molecule has 0 spiro atoms. The molecular formula is C13H18N2O2. The minimum Gasteiger partial charge on any atom is -0.376 e. The molecule has 0 bridgehead atoms. The molecule has 0 aliphatic carbocycles. The quantitative estimate of drug-likeness (QED) is 0.846. The first kappa shape index (κ1) is 12.1. The minimum absolute atomic E-state index is 0.148. The monoisotopic (exact) mass is 234 g/mol. The number of carbonyl (C=O) groups excluding carboxylic acids is 1. The topological polar surface area (TPSA) is 55.6 Å². The number of nitrogens with two attached hydrogens (primary N) is 1. The van der Waals surface area contributed by atoms with Crippen molar-refractivity contribution in [2.45, 2.75) is 19.1 Å². The third-order valence-electron chi connectivity index (χ3n) is 3.02. The summed E-state index contributed by atoms with van der Waals surface area (Å²) in [4.78, 5) is 13.7. The van der Waals surface area contributed by atoms with E-state index in [4.69, 9.17) is 10.5 Å². The maximum atomic E-state index is 11.6. The zero-order chi connectivity index (χ0) is 12.3. The summed E-state index contributed by atoms with van der Waals surface area (Å²) in [7, 11) is 0.